The van der Waals surface area contributed by atoms with Gasteiger partial charge in [0, 0.05) is 10.5 Å². The minimum atomic E-state index is 0.536. The molecule has 0 atom stereocenters. The molecule has 21 heavy (non-hydrogen) atoms. The molecule has 2 aromatic carbocycles. The largest absolute Gasteiger partial charge is 0.205 e. The molecular formula is C15H11N5S. The predicted molar refractivity (Wildman–Crippen MR) is 81.1 cm³/mol. The van der Waals surface area contributed by atoms with Gasteiger partial charge in [0.25, 0.3) is 0 Å². The molecule has 102 valence electrons. The van der Waals surface area contributed by atoms with Crippen LogP contribution in [0.4, 0.5) is 0 Å². The number of tetrazole rings is 1. The quantitative estimate of drug-likeness (QED) is 0.695. The van der Waals surface area contributed by atoms with Crippen LogP contribution in [0.2, 0.25) is 0 Å². The standard InChI is InChI=1S/C15H11N5S/c1-21-14-9-5-8-13(12(14)10-16)20-18-15(17-19-20)11-6-3-2-4-7-11/h2-9H,1H3. The van der Waals surface area contributed by atoms with E-state index in [1.54, 1.807) is 0 Å². The molecule has 6 heteroatoms. The molecule has 0 radical (unpaired) electrons. The van der Waals surface area contributed by atoms with E-state index in [-0.39, 0.29) is 0 Å². The normalized spacial score (nSPS) is 10.3. The van der Waals surface area contributed by atoms with Gasteiger partial charge < -0.3 is 0 Å². The lowest BCUT2D eigenvalue weighted by Crippen LogP contribution is -2.02. The first kappa shape index (κ1) is 13.3. The monoisotopic (exact) mass is 293 g/mol. The number of thioether (sulfide) groups is 1. The molecule has 3 rings (SSSR count). The van der Waals surface area contributed by atoms with Crippen LogP contribution in [0.15, 0.2) is 53.4 Å². The van der Waals surface area contributed by atoms with Crippen LogP contribution >= 0.6 is 11.8 Å². The van der Waals surface area contributed by atoms with E-state index >= 15 is 0 Å². The highest BCUT2D eigenvalue weighted by Crippen LogP contribution is 2.25. The first-order valence-electron chi connectivity index (χ1n) is 6.26. The fourth-order valence-electron chi connectivity index (χ4n) is 1.99. The van der Waals surface area contributed by atoms with Gasteiger partial charge in [0.2, 0.25) is 5.82 Å². The highest BCUT2D eigenvalue weighted by Gasteiger charge is 2.13. The lowest BCUT2D eigenvalue weighted by Gasteiger charge is -2.05. The second-order valence-corrected chi connectivity index (χ2v) is 5.08. The maximum Gasteiger partial charge on any atom is 0.205 e. The number of hydrogen-bond donors (Lipinski definition) is 0. The zero-order chi connectivity index (χ0) is 14.7. The molecule has 0 aliphatic carbocycles. The summed E-state index contributed by atoms with van der Waals surface area (Å²) in [5, 5.41) is 21.9. The van der Waals surface area contributed by atoms with Gasteiger partial charge in [-0.25, -0.2) is 0 Å². The molecule has 0 unspecified atom stereocenters. The molecule has 0 aliphatic rings. The average molecular weight is 293 g/mol. The van der Waals surface area contributed by atoms with E-state index in [9.17, 15) is 5.26 Å². The first-order chi connectivity index (χ1) is 10.3. The second-order valence-electron chi connectivity index (χ2n) is 4.23. The van der Waals surface area contributed by atoms with Crippen molar-refractivity contribution in [2.24, 2.45) is 0 Å². The molecule has 0 aliphatic heterocycles. The smallest absolute Gasteiger partial charge is 0.192 e. The van der Waals surface area contributed by atoms with Gasteiger partial charge >= 0.3 is 0 Å². The Morgan fingerprint density at radius 1 is 1.10 bits per heavy atom. The molecule has 0 spiro atoms. The van der Waals surface area contributed by atoms with Gasteiger partial charge in [-0.3, -0.25) is 0 Å². The minimum Gasteiger partial charge on any atom is -0.192 e. The van der Waals surface area contributed by atoms with Crippen molar-refractivity contribution in [3.05, 3.63) is 54.1 Å². The van der Waals surface area contributed by atoms with Crippen molar-refractivity contribution in [3.63, 3.8) is 0 Å². The van der Waals surface area contributed by atoms with E-state index in [0.717, 1.165) is 10.5 Å². The van der Waals surface area contributed by atoms with Gasteiger partial charge in [-0.1, -0.05) is 36.4 Å². The number of aromatic nitrogens is 4. The van der Waals surface area contributed by atoms with Crippen LogP contribution in [0.5, 0.6) is 0 Å². The molecule has 0 amide bonds. The number of rotatable bonds is 3. The molecule has 0 fully saturated rings. The van der Waals surface area contributed by atoms with E-state index in [1.807, 2.05) is 54.8 Å². The summed E-state index contributed by atoms with van der Waals surface area (Å²) in [5.41, 5.74) is 2.09. The van der Waals surface area contributed by atoms with Gasteiger partial charge in [0.05, 0.1) is 5.56 Å². The maximum absolute atomic E-state index is 9.36. The van der Waals surface area contributed by atoms with E-state index < -0.39 is 0 Å². The van der Waals surface area contributed by atoms with E-state index in [1.165, 1.54) is 16.6 Å². The van der Waals surface area contributed by atoms with Gasteiger partial charge in [-0.2, -0.15) is 5.26 Å². The van der Waals surface area contributed by atoms with Crippen LogP contribution in [0.3, 0.4) is 0 Å². The molecule has 0 N–H and O–H groups in total. The van der Waals surface area contributed by atoms with Gasteiger partial charge in [0.1, 0.15) is 11.8 Å². The predicted octanol–water partition coefficient (Wildman–Crippen LogP) is 2.92. The third-order valence-corrected chi connectivity index (χ3v) is 3.78. The molecule has 0 saturated carbocycles. The van der Waals surface area contributed by atoms with Crippen molar-refractivity contribution >= 4 is 11.8 Å². The van der Waals surface area contributed by atoms with Crippen LogP contribution in [-0.4, -0.2) is 26.5 Å². The van der Waals surface area contributed by atoms with E-state index in [0.29, 0.717) is 17.1 Å². The third-order valence-electron chi connectivity index (χ3n) is 3.00. The Kier molecular flexibility index (Phi) is 3.67. The Balaban J connectivity index is 2.07. The number of nitrogens with zero attached hydrogens (tertiary/aromatic N) is 5. The zero-order valence-electron chi connectivity index (χ0n) is 11.3. The Morgan fingerprint density at radius 2 is 1.90 bits per heavy atom. The molecular weight excluding hydrogens is 282 g/mol. The fraction of sp³-hybridized carbons (Fsp3) is 0.0667. The van der Waals surface area contributed by atoms with Gasteiger partial charge in [0.15, 0.2) is 0 Å². The Bertz CT molecular complexity index is 804. The second kappa shape index (κ2) is 5.77. The van der Waals surface area contributed by atoms with Crippen molar-refractivity contribution in [1.82, 2.24) is 20.2 Å². The summed E-state index contributed by atoms with van der Waals surface area (Å²) in [6, 6.07) is 17.4. The summed E-state index contributed by atoms with van der Waals surface area (Å²) >= 11 is 1.52. The Labute approximate surface area is 126 Å². The highest BCUT2D eigenvalue weighted by molar-refractivity contribution is 7.98. The number of benzene rings is 2. The molecule has 0 saturated heterocycles. The molecule has 1 heterocycles. The Morgan fingerprint density at radius 3 is 2.62 bits per heavy atom. The third kappa shape index (κ3) is 2.51. The van der Waals surface area contributed by atoms with Crippen LogP contribution in [-0.2, 0) is 0 Å². The highest BCUT2D eigenvalue weighted by atomic mass is 32.2. The summed E-state index contributed by atoms with van der Waals surface area (Å²) in [7, 11) is 0. The van der Waals surface area contributed by atoms with Crippen molar-refractivity contribution in [2.45, 2.75) is 4.90 Å². The van der Waals surface area contributed by atoms with E-state index in [2.05, 4.69) is 21.5 Å². The summed E-state index contributed by atoms with van der Waals surface area (Å²) < 4.78 is 0. The average Bonchev–Trinajstić information content (AvgIpc) is 3.04. The van der Waals surface area contributed by atoms with Gasteiger partial charge in [-0.15, -0.1) is 26.8 Å². The topological polar surface area (TPSA) is 67.4 Å². The Hall–Kier alpha value is -2.65. The summed E-state index contributed by atoms with van der Waals surface area (Å²) in [5.74, 6) is 0.536. The van der Waals surface area contributed by atoms with Crippen molar-refractivity contribution in [3.8, 4) is 23.1 Å². The zero-order valence-corrected chi connectivity index (χ0v) is 12.1. The van der Waals surface area contributed by atoms with E-state index in [4.69, 9.17) is 0 Å². The number of hydrogen-bond acceptors (Lipinski definition) is 5. The maximum atomic E-state index is 9.36. The summed E-state index contributed by atoms with van der Waals surface area (Å²) in [6.45, 7) is 0. The molecule has 0 bridgehead atoms. The van der Waals surface area contributed by atoms with Crippen LogP contribution in [0.1, 0.15) is 5.56 Å². The lowest BCUT2D eigenvalue weighted by molar-refractivity contribution is 0.716. The van der Waals surface area contributed by atoms with Crippen LogP contribution in [0, 0.1) is 11.3 Å². The molecule has 5 nitrogen and oxygen atoms in total. The van der Waals surface area contributed by atoms with Gasteiger partial charge in [-0.05, 0) is 23.6 Å². The first-order valence-corrected chi connectivity index (χ1v) is 7.49. The van der Waals surface area contributed by atoms with Crippen molar-refractivity contribution in [2.75, 3.05) is 6.26 Å². The lowest BCUT2D eigenvalue weighted by atomic mass is 10.2. The van der Waals surface area contributed by atoms with Crippen molar-refractivity contribution in [1.29, 1.82) is 5.26 Å². The van der Waals surface area contributed by atoms with Crippen molar-refractivity contribution < 1.29 is 0 Å². The number of nitriles is 1. The van der Waals surface area contributed by atoms with Crippen LogP contribution < -0.4 is 0 Å². The molecule has 3 aromatic rings. The molecule has 1 aromatic heterocycles. The minimum absolute atomic E-state index is 0.536. The fourth-order valence-corrected chi connectivity index (χ4v) is 2.56. The summed E-state index contributed by atoms with van der Waals surface area (Å²) in [4.78, 5) is 2.30. The SMILES string of the molecule is CSc1cccc(-n2nnc(-c3ccccc3)n2)c1C#N. The van der Waals surface area contributed by atoms with Crippen LogP contribution in [0.25, 0.3) is 17.1 Å². The summed E-state index contributed by atoms with van der Waals surface area (Å²) in [6.07, 6.45) is 1.93.